The van der Waals surface area contributed by atoms with Gasteiger partial charge in [-0.25, -0.2) is 0 Å². The normalized spacial score (nSPS) is 14.4. The molecule has 1 aliphatic rings. The van der Waals surface area contributed by atoms with Crippen molar-refractivity contribution in [3.63, 3.8) is 0 Å². The van der Waals surface area contributed by atoms with Crippen LogP contribution in [0.25, 0.3) is 0 Å². The van der Waals surface area contributed by atoms with Crippen molar-refractivity contribution < 1.29 is 23.9 Å². The Morgan fingerprint density at radius 2 is 1.79 bits per heavy atom. The molecule has 0 N–H and O–H groups in total. The number of amides is 3. The van der Waals surface area contributed by atoms with Crippen molar-refractivity contribution >= 4 is 51.0 Å². The molecule has 0 aliphatic carbocycles. The lowest BCUT2D eigenvalue weighted by atomic mass is 9.97. The zero-order chi connectivity index (χ0) is 21.6. The van der Waals surface area contributed by atoms with Crippen LogP contribution in [-0.4, -0.2) is 85.3 Å². The predicted molar refractivity (Wildman–Crippen MR) is 113 cm³/mol. The van der Waals surface area contributed by atoms with Crippen LogP contribution in [0.15, 0.2) is 15.9 Å². The van der Waals surface area contributed by atoms with Gasteiger partial charge in [0.2, 0.25) is 11.8 Å². The second-order valence-corrected chi connectivity index (χ2v) is 9.38. The first-order valence-corrected chi connectivity index (χ1v) is 11.0. The molecule has 29 heavy (non-hydrogen) atoms. The zero-order valence-corrected chi connectivity index (χ0v) is 19.3. The third-order valence-corrected chi connectivity index (χ3v) is 6.38. The van der Waals surface area contributed by atoms with Crippen LogP contribution < -0.4 is 0 Å². The molecule has 1 aromatic heterocycles. The Morgan fingerprint density at radius 1 is 1.14 bits per heavy atom. The van der Waals surface area contributed by atoms with Gasteiger partial charge in [-0.15, -0.1) is 11.3 Å². The number of nitrogens with zero attached hydrogens (tertiary/aromatic N) is 3. The molecule has 8 nitrogen and oxygen atoms in total. The van der Waals surface area contributed by atoms with Crippen LogP contribution in [0.4, 0.5) is 0 Å². The van der Waals surface area contributed by atoms with Crippen molar-refractivity contribution in [1.82, 2.24) is 14.7 Å². The number of carbonyl (C=O) groups excluding carboxylic acids is 4. The molecule has 160 valence electrons. The Kier molecular flexibility index (Phi) is 8.63. The number of likely N-dealkylation sites (tertiary alicyclic amines) is 1. The number of halogens is 1. The maximum atomic E-state index is 12.5. The third kappa shape index (κ3) is 6.53. The Morgan fingerprint density at radius 3 is 2.34 bits per heavy atom. The lowest BCUT2D eigenvalue weighted by Gasteiger charge is -2.32. The van der Waals surface area contributed by atoms with Gasteiger partial charge in [0.15, 0.2) is 0 Å². The molecule has 10 heteroatoms. The summed E-state index contributed by atoms with van der Waals surface area (Å²) in [6.07, 6.45) is 1.13. The Labute approximate surface area is 182 Å². The van der Waals surface area contributed by atoms with E-state index in [9.17, 15) is 19.2 Å². The van der Waals surface area contributed by atoms with Gasteiger partial charge in [-0.3, -0.25) is 19.2 Å². The van der Waals surface area contributed by atoms with Gasteiger partial charge < -0.3 is 19.4 Å². The minimum atomic E-state index is -0.314. The average molecular weight is 488 g/mol. The van der Waals surface area contributed by atoms with Crippen LogP contribution in [0, 0.1) is 5.92 Å². The van der Waals surface area contributed by atoms with Crippen molar-refractivity contribution in [2.45, 2.75) is 19.8 Å². The van der Waals surface area contributed by atoms with Crippen LogP contribution in [0.5, 0.6) is 0 Å². The van der Waals surface area contributed by atoms with E-state index in [0.29, 0.717) is 37.4 Å². The topological polar surface area (TPSA) is 87.2 Å². The molecule has 1 aromatic rings. The number of esters is 1. The van der Waals surface area contributed by atoms with E-state index in [1.165, 1.54) is 21.1 Å². The Hall–Kier alpha value is -1.94. The van der Waals surface area contributed by atoms with Crippen molar-refractivity contribution in [3.05, 3.63) is 20.8 Å². The predicted octanol–water partition coefficient (Wildman–Crippen LogP) is 1.84. The second kappa shape index (κ2) is 10.7. The first-order valence-electron chi connectivity index (χ1n) is 9.42. The van der Waals surface area contributed by atoms with Gasteiger partial charge in [0.25, 0.3) is 5.91 Å². The van der Waals surface area contributed by atoms with Gasteiger partial charge in [0.1, 0.15) is 0 Å². The number of hydrogen-bond acceptors (Lipinski definition) is 6. The average Bonchev–Trinajstić information content (AvgIpc) is 3.13. The van der Waals surface area contributed by atoms with E-state index in [4.69, 9.17) is 4.74 Å². The van der Waals surface area contributed by atoms with Gasteiger partial charge in [-0.05, 0) is 47.8 Å². The Bertz CT molecular complexity index is 761. The summed E-state index contributed by atoms with van der Waals surface area (Å²) in [4.78, 5) is 53.9. The summed E-state index contributed by atoms with van der Waals surface area (Å²) in [6.45, 7) is 2.89. The SMILES string of the molecule is CCOC(=O)C1CCN(C(=O)CN(C)C(=O)CN(C)C(=O)c2ccc(Br)s2)CC1. The fraction of sp³-hybridized carbons (Fsp3) is 0.579. The van der Waals surface area contributed by atoms with Gasteiger partial charge in [0.05, 0.1) is 34.3 Å². The maximum Gasteiger partial charge on any atom is 0.309 e. The van der Waals surface area contributed by atoms with Crippen LogP contribution >= 0.6 is 27.3 Å². The highest BCUT2D eigenvalue weighted by Crippen LogP contribution is 2.23. The molecule has 0 aromatic carbocycles. The van der Waals surface area contributed by atoms with Crippen LogP contribution in [0.3, 0.4) is 0 Å². The van der Waals surface area contributed by atoms with Crippen molar-refractivity contribution in [3.8, 4) is 0 Å². The summed E-state index contributed by atoms with van der Waals surface area (Å²) in [5.74, 6) is -1.10. The van der Waals surface area contributed by atoms with Gasteiger partial charge in [0, 0.05) is 27.2 Å². The lowest BCUT2D eigenvalue weighted by Crippen LogP contribution is -2.47. The van der Waals surface area contributed by atoms with E-state index in [1.54, 1.807) is 38.1 Å². The number of thiophene rings is 1. The molecule has 2 rings (SSSR count). The first-order chi connectivity index (χ1) is 13.7. The quantitative estimate of drug-likeness (QED) is 0.547. The molecule has 0 spiro atoms. The highest BCUT2D eigenvalue weighted by atomic mass is 79.9. The van der Waals surface area contributed by atoms with Gasteiger partial charge in [-0.1, -0.05) is 0 Å². The minimum Gasteiger partial charge on any atom is -0.466 e. The molecule has 2 heterocycles. The largest absolute Gasteiger partial charge is 0.466 e. The summed E-state index contributed by atoms with van der Waals surface area (Å²) in [7, 11) is 3.11. The van der Waals surface area contributed by atoms with Crippen LogP contribution in [-0.2, 0) is 19.1 Å². The molecule has 1 saturated heterocycles. The van der Waals surface area contributed by atoms with E-state index >= 15 is 0 Å². The second-order valence-electron chi connectivity index (χ2n) is 6.92. The molecule has 1 aliphatic heterocycles. The number of likely N-dealkylation sites (N-methyl/N-ethyl adjacent to an activating group) is 2. The lowest BCUT2D eigenvalue weighted by molar-refractivity contribution is -0.151. The highest BCUT2D eigenvalue weighted by molar-refractivity contribution is 9.11. The molecule has 0 bridgehead atoms. The number of rotatable bonds is 7. The number of piperidine rings is 1. The summed E-state index contributed by atoms with van der Waals surface area (Å²) < 4.78 is 5.88. The monoisotopic (exact) mass is 487 g/mol. The van der Waals surface area contributed by atoms with Gasteiger partial charge in [-0.2, -0.15) is 0 Å². The number of hydrogen-bond donors (Lipinski definition) is 0. The zero-order valence-electron chi connectivity index (χ0n) is 16.9. The van der Waals surface area contributed by atoms with Gasteiger partial charge >= 0.3 is 5.97 Å². The highest BCUT2D eigenvalue weighted by Gasteiger charge is 2.29. The summed E-state index contributed by atoms with van der Waals surface area (Å²) in [5.41, 5.74) is 0. The molecule has 1 fully saturated rings. The van der Waals surface area contributed by atoms with E-state index in [2.05, 4.69) is 15.9 Å². The fourth-order valence-corrected chi connectivity index (χ4v) is 4.41. The van der Waals surface area contributed by atoms with Crippen molar-refractivity contribution in [2.24, 2.45) is 5.92 Å². The molecule has 0 atom stereocenters. The number of carbonyl (C=O) groups is 4. The maximum absolute atomic E-state index is 12.5. The fourth-order valence-electron chi connectivity index (χ4n) is 3.03. The van der Waals surface area contributed by atoms with E-state index in [0.717, 1.165) is 3.79 Å². The minimum absolute atomic E-state index is 0.0600. The molecule has 3 amide bonds. The summed E-state index contributed by atoms with van der Waals surface area (Å²) in [5, 5.41) is 0. The van der Waals surface area contributed by atoms with Crippen LogP contribution in [0.1, 0.15) is 29.4 Å². The van der Waals surface area contributed by atoms with E-state index < -0.39 is 0 Å². The molecule has 0 radical (unpaired) electrons. The Balaban J connectivity index is 1.79. The van der Waals surface area contributed by atoms with E-state index in [1.807, 2.05) is 0 Å². The third-order valence-electron chi connectivity index (χ3n) is 4.77. The number of ether oxygens (including phenoxy) is 1. The molecular weight excluding hydrogens is 462 g/mol. The molecule has 0 unspecified atom stereocenters. The van der Waals surface area contributed by atoms with Crippen molar-refractivity contribution in [2.75, 3.05) is 46.9 Å². The molecular formula is C19H26BrN3O5S. The smallest absolute Gasteiger partial charge is 0.309 e. The standard InChI is InChI=1S/C19H26BrN3O5S/c1-4-28-19(27)13-7-9-23(10-8-13)17(25)12-21(2)16(24)11-22(3)18(26)14-5-6-15(20)29-14/h5-6,13H,4,7-12H2,1-3H3. The first kappa shape index (κ1) is 23.3. The summed E-state index contributed by atoms with van der Waals surface area (Å²) >= 11 is 4.61. The van der Waals surface area contributed by atoms with Crippen LogP contribution in [0.2, 0.25) is 0 Å². The molecule has 0 saturated carbocycles. The van der Waals surface area contributed by atoms with E-state index in [-0.39, 0.29) is 42.7 Å². The summed E-state index contributed by atoms with van der Waals surface area (Å²) in [6, 6.07) is 3.48. The van der Waals surface area contributed by atoms with Crippen molar-refractivity contribution in [1.29, 1.82) is 0 Å².